The van der Waals surface area contributed by atoms with Crippen LogP contribution in [0, 0.1) is 5.41 Å². The number of carbonyl (C=O) groups is 1. The summed E-state index contributed by atoms with van der Waals surface area (Å²) in [4.78, 5) is 12.1. The summed E-state index contributed by atoms with van der Waals surface area (Å²) in [5.74, 6) is 0.0586. The molecule has 0 aromatic heterocycles. The lowest BCUT2D eigenvalue weighted by Crippen LogP contribution is -2.32. The first-order chi connectivity index (χ1) is 9.44. The van der Waals surface area contributed by atoms with Crippen molar-refractivity contribution in [3.8, 4) is 0 Å². The van der Waals surface area contributed by atoms with E-state index in [2.05, 4.69) is 38.2 Å². The smallest absolute Gasteiger partial charge is 0.251 e. The number of nitrogens with one attached hydrogen (secondary N) is 1. The Morgan fingerprint density at radius 3 is 2.30 bits per heavy atom. The summed E-state index contributed by atoms with van der Waals surface area (Å²) in [5.41, 5.74) is 2.07. The first-order valence-corrected chi connectivity index (χ1v) is 7.54. The molecule has 1 saturated carbocycles. The fourth-order valence-electron chi connectivity index (χ4n) is 2.43. The molecule has 0 radical (unpaired) electrons. The monoisotopic (exact) mass is 271 g/mol. The Kier molecular flexibility index (Phi) is 4.64. The van der Waals surface area contributed by atoms with Gasteiger partial charge in [0.1, 0.15) is 0 Å². The van der Waals surface area contributed by atoms with Gasteiger partial charge in [-0.2, -0.15) is 0 Å². The molecule has 1 aromatic carbocycles. The fraction of sp³-hybridized carbons (Fsp3) is 0.500. The maximum Gasteiger partial charge on any atom is 0.251 e. The van der Waals surface area contributed by atoms with Crippen LogP contribution in [0.3, 0.4) is 0 Å². The first-order valence-electron chi connectivity index (χ1n) is 7.54. The summed E-state index contributed by atoms with van der Waals surface area (Å²) in [7, 11) is 0. The van der Waals surface area contributed by atoms with Gasteiger partial charge in [-0.05, 0) is 36.0 Å². The van der Waals surface area contributed by atoms with Crippen molar-refractivity contribution < 1.29 is 4.79 Å². The van der Waals surface area contributed by atoms with Crippen LogP contribution in [0.2, 0.25) is 0 Å². The van der Waals surface area contributed by atoms with Gasteiger partial charge < -0.3 is 5.32 Å². The van der Waals surface area contributed by atoms with Crippen LogP contribution >= 0.6 is 0 Å². The van der Waals surface area contributed by atoms with Gasteiger partial charge in [-0.15, -0.1) is 0 Å². The second-order valence-electron chi connectivity index (χ2n) is 6.78. The first kappa shape index (κ1) is 14.8. The SMILES string of the molecule is CC(C)(C)/C=C/c1ccc(C(=O)NC2CCCC2)cc1. The number of allylic oxidation sites excluding steroid dienone is 1. The molecule has 1 fully saturated rings. The van der Waals surface area contributed by atoms with Gasteiger partial charge in [0, 0.05) is 11.6 Å². The minimum absolute atomic E-state index is 0.0586. The Labute approximate surface area is 122 Å². The molecule has 2 nitrogen and oxygen atoms in total. The van der Waals surface area contributed by atoms with E-state index in [0.29, 0.717) is 6.04 Å². The summed E-state index contributed by atoms with van der Waals surface area (Å²) < 4.78 is 0. The van der Waals surface area contributed by atoms with E-state index >= 15 is 0 Å². The van der Waals surface area contributed by atoms with Crippen LogP contribution in [0.4, 0.5) is 0 Å². The van der Waals surface area contributed by atoms with Crippen molar-refractivity contribution in [2.75, 3.05) is 0 Å². The van der Waals surface area contributed by atoms with Crippen molar-refractivity contribution in [3.05, 3.63) is 41.5 Å². The highest BCUT2D eigenvalue weighted by Crippen LogP contribution is 2.19. The highest BCUT2D eigenvalue weighted by Gasteiger charge is 2.17. The number of carbonyl (C=O) groups excluding carboxylic acids is 1. The van der Waals surface area contributed by atoms with E-state index in [1.807, 2.05) is 24.3 Å². The zero-order chi connectivity index (χ0) is 14.6. The molecule has 0 atom stereocenters. The Morgan fingerprint density at radius 2 is 1.75 bits per heavy atom. The average Bonchev–Trinajstić information content (AvgIpc) is 2.89. The maximum absolute atomic E-state index is 12.1. The Balaban J connectivity index is 1.96. The van der Waals surface area contributed by atoms with Crippen LogP contribution in [-0.2, 0) is 0 Å². The van der Waals surface area contributed by atoms with E-state index in [4.69, 9.17) is 0 Å². The largest absolute Gasteiger partial charge is 0.349 e. The van der Waals surface area contributed by atoms with Gasteiger partial charge in [-0.25, -0.2) is 0 Å². The third-order valence-electron chi connectivity index (χ3n) is 3.64. The molecule has 1 N–H and O–H groups in total. The molecule has 0 heterocycles. The molecule has 1 aliphatic carbocycles. The normalized spacial score (nSPS) is 16.8. The van der Waals surface area contributed by atoms with Crippen molar-refractivity contribution in [2.24, 2.45) is 5.41 Å². The highest BCUT2D eigenvalue weighted by atomic mass is 16.1. The minimum atomic E-state index is 0.0586. The maximum atomic E-state index is 12.1. The molecule has 1 aliphatic rings. The van der Waals surface area contributed by atoms with Gasteiger partial charge >= 0.3 is 0 Å². The van der Waals surface area contributed by atoms with E-state index in [1.54, 1.807) is 0 Å². The standard InChI is InChI=1S/C18H25NO/c1-18(2,3)13-12-14-8-10-15(11-9-14)17(20)19-16-6-4-5-7-16/h8-13,16H,4-7H2,1-3H3,(H,19,20)/b13-12+. The van der Waals surface area contributed by atoms with E-state index < -0.39 is 0 Å². The predicted octanol–water partition coefficient (Wildman–Crippen LogP) is 4.42. The van der Waals surface area contributed by atoms with E-state index in [9.17, 15) is 4.79 Å². The molecule has 108 valence electrons. The molecule has 0 bridgehead atoms. The Bertz CT molecular complexity index is 473. The van der Waals surface area contributed by atoms with Crippen molar-refractivity contribution >= 4 is 12.0 Å². The van der Waals surface area contributed by atoms with Crippen LogP contribution < -0.4 is 5.32 Å². The summed E-state index contributed by atoms with van der Waals surface area (Å²) in [6.07, 6.45) is 9.01. The summed E-state index contributed by atoms with van der Waals surface area (Å²) in [6.45, 7) is 6.52. The quantitative estimate of drug-likeness (QED) is 0.866. The molecule has 1 amide bonds. The van der Waals surface area contributed by atoms with Crippen molar-refractivity contribution in [2.45, 2.75) is 52.5 Å². The van der Waals surface area contributed by atoms with Crippen LogP contribution in [0.15, 0.2) is 30.3 Å². The third-order valence-corrected chi connectivity index (χ3v) is 3.64. The zero-order valence-corrected chi connectivity index (χ0v) is 12.8. The van der Waals surface area contributed by atoms with Gasteiger partial charge in [0.15, 0.2) is 0 Å². The van der Waals surface area contributed by atoms with Crippen LogP contribution in [-0.4, -0.2) is 11.9 Å². The molecule has 0 aliphatic heterocycles. The predicted molar refractivity (Wildman–Crippen MR) is 84.7 cm³/mol. The van der Waals surface area contributed by atoms with Gasteiger partial charge in [0.05, 0.1) is 0 Å². The van der Waals surface area contributed by atoms with Crippen molar-refractivity contribution in [1.82, 2.24) is 5.32 Å². The van der Waals surface area contributed by atoms with Gasteiger partial charge in [0.25, 0.3) is 5.91 Å². The Morgan fingerprint density at radius 1 is 1.15 bits per heavy atom. The zero-order valence-electron chi connectivity index (χ0n) is 12.8. The van der Waals surface area contributed by atoms with Gasteiger partial charge in [-0.1, -0.05) is 57.9 Å². The number of hydrogen-bond acceptors (Lipinski definition) is 1. The number of amides is 1. The van der Waals surface area contributed by atoms with Crippen LogP contribution in [0.5, 0.6) is 0 Å². The highest BCUT2D eigenvalue weighted by molar-refractivity contribution is 5.94. The molecular formula is C18H25NO. The molecule has 20 heavy (non-hydrogen) atoms. The summed E-state index contributed by atoms with van der Waals surface area (Å²) >= 11 is 0. The molecule has 2 rings (SSSR count). The summed E-state index contributed by atoms with van der Waals surface area (Å²) in [6, 6.07) is 8.21. The molecule has 1 aromatic rings. The second kappa shape index (κ2) is 6.25. The second-order valence-corrected chi connectivity index (χ2v) is 6.78. The topological polar surface area (TPSA) is 29.1 Å². The molecule has 0 spiro atoms. The molecule has 0 saturated heterocycles. The molecular weight excluding hydrogens is 246 g/mol. The van der Waals surface area contributed by atoms with E-state index in [1.165, 1.54) is 12.8 Å². The van der Waals surface area contributed by atoms with Gasteiger partial charge in [-0.3, -0.25) is 4.79 Å². The number of rotatable bonds is 3. The van der Waals surface area contributed by atoms with Crippen molar-refractivity contribution in [1.29, 1.82) is 0 Å². The average molecular weight is 271 g/mol. The summed E-state index contributed by atoms with van der Waals surface area (Å²) in [5, 5.41) is 3.11. The fourth-order valence-corrected chi connectivity index (χ4v) is 2.43. The molecule has 0 unspecified atom stereocenters. The van der Waals surface area contributed by atoms with Crippen LogP contribution in [0.1, 0.15) is 62.4 Å². The third kappa shape index (κ3) is 4.52. The lowest BCUT2D eigenvalue weighted by atomic mass is 9.95. The lowest BCUT2D eigenvalue weighted by Gasteiger charge is -2.12. The van der Waals surface area contributed by atoms with E-state index in [0.717, 1.165) is 24.0 Å². The lowest BCUT2D eigenvalue weighted by molar-refractivity contribution is 0.0938. The van der Waals surface area contributed by atoms with Crippen molar-refractivity contribution in [3.63, 3.8) is 0 Å². The number of hydrogen-bond donors (Lipinski definition) is 1. The van der Waals surface area contributed by atoms with Gasteiger partial charge in [0.2, 0.25) is 0 Å². The van der Waals surface area contributed by atoms with Crippen LogP contribution in [0.25, 0.3) is 6.08 Å². The molecule has 2 heteroatoms. The van der Waals surface area contributed by atoms with E-state index in [-0.39, 0.29) is 11.3 Å². The Hall–Kier alpha value is -1.57. The number of benzene rings is 1. The minimum Gasteiger partial charge on any atom is -0.349 e.